The molecule has 0 spiro atoms. The summed E-state index contributed by atoms with van der Waals surface area (Å²) in [5.74, 6) is -0.0220. The molecule has 0 unspecified atom stereocenters. The molecule has 0 aromatic rings. The van der Waals surface area contributed by atoms with Gasteiger partial charge in [0.25, 0.3) is 0 Å². The largest absolute Gasteiger partial charge is 0.354 e. The number of amides is 1. The highest BCUT2D eigenvalue weighted by molar-refractivity contribution is 7.90. The molecule has 0 aliphatic heterocycles. The lowest BCUT2D eigenvalue weighted by Gasteiger charge is -2.22. The lowest BCUT2D eigenvalue weighted by atomic mass is 10.1. The van der Waals surface area contributed by atoms with Gasteiger partial charge in [-0.05, 0) is 27.3 Å². The third-order valence-corrected chi connectivity index (χ3v) is 3.20. The quantitative estimate of drug-likeness (QED) is 0.612. The molecule has 5 nitrogen and oxygen atoms in total. The predicted molar refractivity (Wildman–Crippen MR) is 60.5 cm³/mol. The third kappa shape index (κ3) is 6.46. The van der Waals surface area contributed by atoms with Crippen molar-refractivity contribution in [1.29, 1.82) is 0 Å². The van der Waals surface area contributed by atoms with Crippen LogP contribution in [0.2, 0.25) is 0 Å². The highest BCUT2D eigenvalue weighted by atomic mass is 32.2. The molecule has 6 heteroatoms. The highest BCUT2D eigenvalue weighted by Crippen LogP contribution is 2.00. The Bertz CT molecular complexity index is 309. The van der Waals surface area contributed by atoms with E-state index in [-0.39, 0.29) is 11.7 Å². The van der Waals surface area contributed by atoms with Crippen LogP contribution in [0.1, 0.15) is 20.3 Å². The Hall–Kier alpha value is -0.620. The minimum Gasteiger partial charge on any atom is -0.354 e. The van der Waals surface area contributed by atoms with Gasteiger partial charge < -0.3 is 10.6 Å². The maximum absolute atomic E-state index is 11.5. The van der Waals surface area contributed by atoms with Crippen molar-refractivity contribution in [2.75, 3.05) is 25.6 Å². The van der Waals surface area contributed by atoms with E-state index in [4.69, 9.17) is 0 Å². The molecule has 15 heavy (non-hydrogen) atoms. The molecule has 2 N–H and O–H groups in total. The van der Waals surface area contributed by atoms with Crippen LogP contribution in [-0.2, 0) is 14.6 Å². The molecule has 0 saturated carbocycles. The van der Waals surface area contributed by atoms with Crippen molar-refractivity contribution < 1.29 is 13.2 Å². The zero-order valence-corrected chi connectivity index (χ0v) is 10.6. The number of carbonyl (C=O) groups is 1. The average Bonchev–Trinajstić information content (AvgIpc) is 2.10. The molecule has 0 atom stereocenters. The molecular weight excluding hydrogens is 216 g/mol. The van der Waals surface area contributed by atoms with E-state index in [0.717, 1.165) is 0 Å². The van der Waals surface area contributed by atoms with Crippen molar-refractivity contribution >= 4 is 15.7 Å². The van der Waals surface area contributed by atoms with Crippen LogP contribution in [0.15, 0.2) is 0 Å². The molecule has 0 saturated heterocycles. The molecule has 0 aromatic carbocycles. The fraction of sp³-hybridized carbons (Fsp3) is 0.889. The smallest absolute Gasteiger partial charge is 0.239 e. The topological polar surface area (TPSA) is 75.3 Å². The Balaban J connectivity index is 3.84. The van der Waals surface area contributed by atoms with E-state index in [0.29, 0.717) is 13.0 Å². The first kappa shape index (κ1) is 14.4. The Morgan fingerprint density at radius 3 is 2.27 bits per heavy atom. The summed E-state index contributed by atoms with van der Waals surface area (Å²) in [7, 11) is -1.23. The van der Waals surface area contributed by atoms with Gasteiger partial charge in [-0.15, -0.1) is 0 Å². The molecule has 0 fully saturated rings. The van der Waals surface area contributed by atoms with Crippen LogP contribution in [-0.4, -0.2) is 45.5 Å². The fourth-order valence-corrected chi connectivity index (χ4v) is 1.54. The second-order valence-electron chi connectivity index (χ2n) is 4.11. The lowest BCUT2D eigenvalue weighted by molar-refractivity contribution is -0.126. The summed E-state index contributed by atoms with van der Waals surface area (Å²) >= 11 is 0. The molecule has 1 amide bonds. The number of carbonyl (C=O) groups excluding carboxylic acids is 1. The van der Waals surface area contributed by atoms with E-state index in [1.165, 1.54) is 6.26 Å². The van der Waals surface area contributed by atoms with Crippen LogP contribution in [0.5, 0.6) is 0 Å². The summed E-state index contributed by atoms with van der Waals surface area (Å²) in [5, 5.41) is 5.55. The molecule has 0 radical (unpaired) electrons. The first-order valence-electron chi connectivity index (χ1n) is 4.84. The summed E-state index contributed by atoms with van der Waals surface area (Å²) < 4.78 is 21.6. The lowest BCUT2D eigenvalue weighted by Crippen LogP contribution is -2.51. The predicted octanol–water partition coefficient (Wildman–Crippen LogP) is -0.465. The van der Waals surface area contributed by atoms with Gasteiger partial charge >= 0.3 is 0 Å². The van der Waals surface area contributed by atoms with Crippen molar-refractivity contribution in [2.24, 2.45) is 0 Å². The average molecular weight is 236 g/mol. The Labute approximate surface area is 91.5 Å². The van der Waals surface area contributed by atoms with Gasteiger partial charge in [-0.2, -0.15) is 0 Å². The van der Waals surface area contributed by atoms with Crippen LogP contribution in [0, 0.1) is 0 Å². The van der Waals surface area contributed by atoms with Crippen molar-refractivity contribution in [1.82, 2.24) is 10.6 Å². The van der Waals surface area contributed by atoms with Gasteiger partial charge in [-0.3, -0.25) is 4.79 Å². The van der Waals surface area contributed by atoms with E-state index in [2.05, 4.69) is 10.6 Å². The SMILES string of the molecule is CNC(C)(C)C(=O)NCCCS(C)(=O)=O. The second kappa shape index (κ2) is 5.46. The van der Waals surface area contributed by atoms with Crippen LogP contribution in [0.3, 0.4) is 0 Å². The number of likely N-dealkylation sites (N-methyl/N-ethyl adjacent to an activating group) is 1. The zero-order chi connectivity index (χ0) is 12.1. The van der Waals surface area contributed by atoms with Crippen molar-refractivity contribution in [2.45, 2.75) is 25.8 Å². The third-order valence-electron chi connectivity index (χ3n) is 2.17. The van der Waals surface area contributed by atoms with Gasteiger partial charge in [-0.25, -0.2) is 8.42 Å². The minimum atomic E-state index is -2.93. The van der Waals surface area contributed by atoms with E-state index < -0.39 is 15.4 Å². The number of hydrogen-bond donors (Lipinski definition) is 2. The van der Waals surface area contributed by atoms with E-state index in [1.54, 1.807) is 20.9 Å². The Morgan fingerprint density at radius 2 is 1.87 bits per heavy atom. The number of rotatable bonds is 6. The van der Waals surface area contributed by atoms with Crippen molar-refractivity contribution in [3.8, 4) is 0 Å². The minimum absolute atomic E-state index is 0.104. The van der Waals surface area contributed by atoms with E-state index >= 15 is 0 Å². The summed E-state index contributed by atoms with van der Waals surface area (Å²) in [4.78, 5) is 11.5. The number of hydrogen-bond acceptors (Lipinski definition) is 4. The van der Waals surface area contributed by atoms with Crippen LogP contribution >= 0.6 is 0 Å². The van der Waals surface area contributed by atoms with Gasteiger partial charge in [0, 0.05) is 12.8 Å². The summed E-state index contributed by atoms with van der Waals surface area (Å²) in [6, 6.07) is 0. The molecule has 0 aliphatic rings. The molecule has 0 aliphatic carbocycles. The van der Waals surface area contributed by atoms with E-state index in [9.17, 15) is 13.2 Å². The molecule has 0 aromatic heterocycles. The van der Waals surface area contributed by atoms with Crippen LogP contribution in [0.4, 0.5) is 0 Å². The Kier molecular flexibility index (Phi) is 5.23. The standard InChI is InChI=1S/C9H20N2O3S/c1-9(2,10-3)8(12)11-6-5-7-15(4,13)14/h10H,5-7H2,1-4H3,(H,11,12). The van der Waals surface area contributed by atoms with Gasteiger partial charge in [0.15, 0.2) is 0 Å². The summed E-state index contributed by atoms with van der Waals surface area (Å²) in [6.07, 6.45) is 1.64. The maximum Gasteiger partial charge on any atom is 0.239 e. The number of nitrogens with one attached hydrogen (secondary N) is 2. The fourth-order valence-electron chi connectivity index (χ4n) is 0.871. The summed E-state index contributed by atoms with van der Waals surface area (Å²) in [6.45, 7) is 3.91. The first-order valence-corrected chi connectivity index (χ1v) is 6.90. The van der Waals surface area contributed by atoms with Gasteiger partial charge in [0.2, 0.25) is 5.91 Å². The van der Waals surface area contributed by atoms with Crippen molar-refractivity contribution in [3.63, 3.8) is 0 Å². The molecular formula is C9H20N2O3S. The maximum atomic E-state index is 11.5. The normalized spacial score (nSPS) is 12.5. The second-order valence-corrected chi connectivity index (χ2v) is 6.37. The summed E-state index contributed by atoms with van der Waals surface area (Å²) in [5.41, 5.74) is -0.620. The van der Waals surface area contributed by atoms with Gasteiger partial charge in [0.05, 0.1) is 11.3 Å². The van der Waals surface area contributed by atoms with Gasteiger partial charge in [0.1, 0.15) is 9.84 Å². The Morgan fingerprint density at radius 1 is 1.33 bits per heavy atom. The molecule has 90 valence electrons. The monoisotopic (exact) mass is 236 g/mol. The van der Waals surface area contributed by atoms with Crippen LogP contribution < -0.4 is 10.6 Å². The number of sulfone groups is 1. The first-order chi connectivity index (χ1) is 6.69. The highest BCUT2D eigenvalue weighted by Gasteiger charge is 2.24. The molecule has 0 bridgehead atoms. The van der Waals surface area contributed by atoms with E-state index in [1.807, 2.05) is 0 Å². The molecule has 0 heterocycles. The van der Waals surface area contributed by atoms with Crippen LogP contribution in [0.25, 0.3) is 0 Å². The zero-order valence-electron chi connectivity index (χ0n) is 9.75. The van der Waals surface area contributed by atoms with Crippen molar-refractivity contribution in [3.05, 3.63) is 0 Å². The van der Waals surface area contributed by atoms with Gasteiger partial charge in [-0.1, -0.05) is 0 Å². The molecule has 0 rings (SSSR count).